The summed E-state index contributed by atoms with van der Waals surface area (Å²) in [6, 6.07) is 5.72. The molecule has 0 aliphatic heterocycles. The normalized spacial score (nSPS) is 27.0. The highest BCUT2D eigenvalue weighted by Gasteiger charge is 2.51. The van der Waals surface area contributed by atoms with Crippen molar-refractivity contribution in [1.29, 1.82) is 0 Å². The number of carbonyl (C=O) groups excluding carboxylic acids is 1. The van der Waals surface area contributed by atoms with E-state index >= 15 is 0 Å². The van der Waals surface area contributed by atoms with Gasteiger partial charge in [0.2, 0.25) is 5.91 Å². The zero-order chi connectivity index (χ0) is 17.7. The lowest BCUT2D eigenvalue weighted by Gasteiger charge is -2.23. The van der Waals surface area contributed by atoms with Crippen LogP contribution in [0.3, 0.4) is 0 Å². The molecule has 4 rings (SSSR count). The smallest absolute Gasteiger partial charge is 0.307 e. The summed E-state index contributed by atoms with van der Waals surface area (Å²) >= 11 is 0. The average molecular weight is 341 g/mol. The molecule has 2 N–H and O–H groups in total. The number of benzene rings is 1. The van der Waals surface area contributed by atoms with E-state index in [0.29, 0.717) is 22.8 Å². The lowest BCUT2D eigenvalue weighted by Crippen LogP contribution is -2.36. The Kier molecular flexibility index (Phi) is 3.52. The second-order valence-corrected chi connectivity index (χ2v) is 6.90. The molecule has 4 atom stereocenters. The number of oxazole rings is 1. The van der Waals surface area contributed by atoms with Gasteiger partial charge in [0.1, 0.15) is 5.52 Å². The molecule has 0 spiro atoms. The molecule has 25 heavy (non-hydrogen) atoms. The van der Waals surface area contributed by atoms with Gasteiger partial charge in [-0.1, -0.05) is 12.2 Å². The van der Waals surface area contributed by atoms with E-state index in [1.54, 1.807) is 23.1 Å². The topological polar surface area (TPSA) is 95.7 Å². The first-order valence-electron chi connectivity index (χ1n) is 8.24. The largest absolute Gasteiger partial charge is 0.481 e. The van der Waals surface area contributed by atoms with Crippen LogP contribution in [0.15, 0.2) is 34.8 Å². The van der Waals surface area contributed by atoms with Crippen molar-refractivity contribution in [2.75, 3.05) is 24.3 Å². The Balaban J connectivity index is 1.57. The zero-order valence-corrected chi connectivity index (χ0v) is 14.0. The number of allylic oxidation sites excluding steroid dienone is 2. The van der Waals surface area contributed by atoms with Crippen LogP contribution in [-0.2, 0) is 9.59 Å². The lowest BCUT2D eigenvalue weighted by atomic mass is 9.82. The first-order valence-corrected chi connectivity index (χ1v) is 8.24. The van der Waals surface area contributed by atoms with Gasteiger partial charge in [-0.2, -0.15) is 4.98 Å². The van der Waals surface area contributed by atoms with Crippen molar-refractivity contribution in [3.05, 3.63) is 30.4 Å². The SMILES string of the molecule is CN(C)c1nc2cc(NC(=O)C3C4C=CC(C4)C3C(=O)O)ccc2o1. The van der Waals surface area contributed by atoms with Crippen molar-refractivity contribution >= 4 is 34.7 Å². The number of carbonyl (C=O) groups is 2. The van der Waals surface area contributed by atoms with Crippen molar-refractivity contribution in [2.45, 2.75) is 6.42 Å². The molecular formula is C18H19N3O4. The predicted molar refractivity (Wildman–Crippen MR) is 92.3 cm³/mol. The summed E-state index contributed by atoms with van der Waals surface area (Å²) in [6.45, 7) is 0. The van der Waals surface area contributed by atoms with Crippen LogP contribution in [0, 0.1) is 23.7 Å². The Morgan fingerprint density at radius 3 is 2.64 bits per heavy atom. The van der Waals surface area contributed by atoms with Crippen molar-refractivity contribution in [1.82, 2.24) is 4.98 Å². The first-order chi connectivity index (χ1) is 11.9. The van der Waals surface area contributed by atoms with Crippen molar-refractivity contribution in [3.63, 3.8) is 0 Å². The minimum absolute atomic E-state index is 0.00206. The third kappa shape index (κ3) is 2.56. The highest BCUT2D eigenvalue weighted by Crippen LogP contribution is 2.48. The molecule has 2 aliphatic carbocycles. The summed E-state index contributed by atoms with van der Waals surface area (Å²) in [5, 5.41) is 12.3. The fraction of sp³-hybridized carbons (Fsp3) is 0.389. The number of nitrogens with one attached hydrogen (secondary N) is 1. The van der Waals surface area contributed by atoms with Gasteiger partial charge in [0.15, 0.2) is 5.58 Å². The minimum Gasteiger partial charge on any atom is -0.481 e. The molecule has 2 bridgehead atoms. The van der Waals surface area contributed by atoms with Crippen molar-refractivity contribution in [3.8, 4) is 0 Å². The summed E-state index contributed by atoms with van der Waals surface area (Å²) in [4.78, 5) is 30.4. The minimum atomic E-state index is -0.903. The van der Waals surface area contributed by atoms with Crippen LogP contribution in [0.5, 0.6) is 0 Å². The van der Waals surface area contributed by atoms with Crippen LogP contribution in [0.1, 0.15) is 6.42 Å². The number of amides is 1. The zero-order valence-electron chi connectivity index (χ0n) is 14.0. The van der Waals surface area contributed by atoms with Crippen LogP contribution in [-0.4, -0.2) is 36.1 Å². The maximum absolute atomic E-state index is 12.7. The number of carboxylic acids is 1. The van der Waals surface area contributed by atoms with E-state index < -0.39 is 17.8 Å². The highest BCUT2D eigenvalue weighted by atomic mass is 16.4. The van der Waals surface area contributed by atoms with Crippen LogP contribution < -0.4 is 10.2 Å². The molecule has 2 aliphatic rings. The second-order valence-electron chi connectivity index (χ2n) is 6.90. The summed E-state index contributed by atoms with van der Waals surface area (Å²) < 4.78 is 5.59. The molecule has 0 radical (unpaired) electrons. The standard InChI is InChI=1S/C18H19N3O4/c1-21(2)18-20-12-8-11(5-6-13(12)25-18)19-16(22)14-9-3-4-10(7-9)15(14)17(23)24/h3-6,8-10,14-15H,7H2,1-2H3,(H,19,22)(H,23,24). The van der Waals surface area contributed by atoms with Gasteiger partial charge in [0, 0.05) is 19.8 Å². The average Bonchev–Trinajstić information content (AvgIpc) is 3.27. The molecule has 1 fully saturated rings. The molecule has 7 nitrogen and oxygen atoms in total. The van der Waals surface area contributed by atoms with E-state index in [9.17, 15) is 14.7 Å². The first kappa shape index (κ1) is 15.7. The monoisotopic (exact) mass is 341 g/mol. The third-order valence-corrected chi connectivity index (χ3v) is 5.07. The fourth-order valence-electron chi connectivity index (χ4n) is 3.93. The fourth-order valence-corrected chi connectivity index (χ4v) is 3.93. The number of aliphatic carboxylic acids is 1. The van der Waals surface area contributed by atoms with E-state index in [0.717, 1.165) is 6.42 Å². The van der Waals surface area contributed by atoms with Crippen LogP contribution in [0.2, 0.25) is 0 Å². The Morgan fingerprint density at radius 1 is 1.24 bits per heavy atom. The molecule has 2 aromatic rings. The van der Waals surface area contributed by atoms with Gasteiger partial charge in [-0.3, -0.25) is 9.59 Å². The number of nitrogens with zero attached hydrogens (tertiary/aromatic N) is 2. The second kappa shape index (κ2) is 5.61. The maximum Gasteiger partial charge on any atom is 0.307 e. The summed E-state index contributed by atoms with van der Waals surface area (Å²) in [5.74, 6) is -2.37. The van der Waals surface area contributed by atoms with E-state index in [-0.39, 0.29) is 17.7 Å². The molecule has 4 unspecified atom stereocenters. The van der Waals surface area contributed by atoms with Crippen LogP contribution in [0.4, 0.5) is 11.7 Å². The van der Waals surface area contributed by atoms with Crippen LogP contribution in [0.25, 0.3) is 11.1 Å². The third-order valence-electron chi connectivity index (χ3n) is 5.07. The molecule has 1 aromatic heterocycles. The molecule has 7 heteroatoms. The van der Waals surface area contributed by atoms with Crippen molar-refractivity contribution < 1.29 is 19.1 Å². The highest BCUT2D eigenvalue weighted by molar-refractivity contribution is 5.97. The molecule has 1 aromatic carbocycles. The van der Waals surface area contributed by atoms with Crippen LogP contribution >= 0.6 is 0 Å². The van der Waals surface area contributed by atoms with Gasteiger partial charge in [0.25, 0.3) is 6.01 Å². The summed E-state index contributed by atoms with van der Waals surface area (Å²) in [7, 11) is 3.67. The van der Waals surface area contributed by atoms with Gasteiger partial charge in [0.05, 0.1) is 11.8 Å². The number of carboxylic acid groups (broad SMARTS) is 1. The van der Waals surface area contributed by atoms with E-state index in [2.05, 4.69) is 10.3 Å². The summed E-state index contributed by atoms with van der Waals surface area (Å²) in [6.07, 6.45) is 4.64. The van der Waals surface area contributed by atoms with Gasteiger partial charge >= 0.3 is 5.97 Å². The number of anilines is 2. The van der Waals surface area contributed by atoms with Gasteiger partial charge < -0.3 is 19.7 Å². The van der Waals surface area contributed by atoms with Crippen molar-refractivity contribution in [2.24, 2.45) is 23.7 Å². The maximum atomic E-state index is 12.7. The molecule has 1 amide bonds. The van der Waals surface area contributed by atoms with Gasteiger partial charge in [-0.15, -0.1) is 0 Å². The number of hydrogen-bond donors (Lipinski definition) is 2. The number of hydrogen-bond acceptors (Lipinski definition) is 5. The Bertz CT molecular complexity index is 886. The number of rotatable bonds is 4. The van der Waals surface area contributed by atoms with E-state index in [1.807, 2.05) is 26.2 Å². The molecule has 130 valence electrons. The van der Waals surface area contributed by atoms with Gasteiger partial charge in [-0.05, 0) is 36.5 Å². The number of fused-ring (bicyclic) bond motifs is 3. The molecular weight excluding hydrogens is 322 g/mol. The van der Waals surface area contributed by atoms with Gasteiger partial charge in [-0.25, -0.2) is 0 Å². The summed E-state index contributed by atoms with van der Waals surface area (Å²) in [5.41, 5.74) is 1.86. The molecule has 0 saturated heterocycles. The lowest BCUT2D eigenvalue weighted by molar-refractivity contribution is -0.146. The quantitative estimate of drug-likeness (QED) is 0.829. The predicted octanol–water partition coefficient (Wildman–Crippen LogP) is 2.36. The molecule has 1 saturated carbocycles. The Labute approximate surface area is 144 Å². The Morgan fingerprint density at radius 2 is 1.96 bits per heavy atom. The molecule has 1 heterocycles. The Hall–Kier alpha value is -2.83. The van der Waals surface area contributed by atoms with E-state index in [1.165, 1.54) is 0 Å². The number of aromatic nitrogens is 1. The van der Waals surface area contributed by atoms with E-state index in [4.69, 9.17) is 4.42 Å².